The summed E-state index contributed by atoms with van der Waals surface area (Å²) in [5.74, 6) is -0.564. The first-order valence-corrected chi connectivity index (χ1v) is 25.9. The van der Waals surface area contributed by atoms with Gasteiger partial charge in [-0.25, -0.2) is 0 Å². The molecule has 0 spiro atoms. The fourth-order valence-corrected chi connectivity index (χ4v) is 7.45. The Morgan fingerprint density at radius 2 is 0.919 bits per heavy atom. The highest BCUT2D eigenvalue weighted by Gasteiger charge is 2.24. The highest BCUT2D eigenvalue weighted by atomic mass is 16.5. The first-order valence-electron chi connectivity index (χ1n) is 25.9. The first kappa shape index (κ1) is 59.0. The zero-order valence-corrected chi connectivity index (χ0v) is 40.5. The number of hydrogen-bond donors (Lipinski definition) is 3. The molecule has 62 heavy (non-hydrogen) atoms. The van der Waals surface area contributed by atoms with Gasteiger partial charge in [0.15, 0.2) is 0 Å². The summed E-state index contributed by atoms with van der Waals surface area (Å²) in [5.41, 5.74) is 0. The van der Waals surface area contributed by atoms with Gasteiger partial charge in [-0.3, -0.25) is 9.59 Å². The molecule has 0 aliphatic heterocycles. The number of unbranched alkanes of at least 4 members (excludes halogenated alkanes) is 24. The van der Waals surface area contributed by atoms with Gasteiger partial charge in [0.1, 0.15) is 6.10 Å². The van der Waals surface area contributed by atoms with Crippen LogP contribution in [0.25, 0.3) is 0 Å². The number of nitrogens with one attached hydrogen (secondary N) is 1. The predicted octanol–water partition coefficient (Wildman–Crippen LogP) is 15.6. The van der Waals surface area contributed by atoms with Gasteiger partial charge in [0.2, 0.25) is 5.91 Å². The van der Waals surface area contributed by atoms with Gasteiger partial charge in [-0.2, -0.15) is 0 Å². The quantitative estimate of drug-likeness (QED) is 0.0245. The van der Waals surface area contributed by atoms with Gasteiger partial charge in [0, 0.05) is 6.42 Å². The lowest BCUT2D eigenvalue weighted by atomic mass is 10.0. The number of aliphatic hydroxyl groups is 2. The topological polar surface area (TPSA) is 95.9 Å². The van der Waals surface area contributed by atoms with Crippen molar-refractivity contribution >= 4 is 11.9 Å². The van der Waals surface area contributed by atoms with E-state index >= 15 is 0 Å². The summed E-state index contributed by atoms with van der Waals surface area (Å²) in [6.07, 6.45) is 63.6. The molecule has 0 saturated carbocycles. The van der Waals surface area contributed by atoms with Crippen LogP contribution >= 0.6 is 0 Å². The Morgan fingerprint density at radius 3 is 1.44 bits per heavy atom. The van der Waals surface area contributed by atoms with Crippen LogP contribution < -0.4 is 5.32 Å². The van der Waals surface area contributed by atoms with E-state index in [2.05, 4.69) is 50.4 Å². The van der Waals surface area contributed by atoms with E-state index in [1.54, 1.807) is 0 Å². The Kier molecular flexibility index (Phi) is 46.7. The van der Waals surface area contributed by atoms with Crippen molar-refractivity contribution in [1.29, 1.82) is 0 Å². The van der Waals surface area contributed by atoms with Crippen LogP contribution in [-0.4, -0.2) is 46.9 Å². The fourth-order valence-electron chi connectivity index (χ4n) is 7.45. The first-order chi connectivity index (χ1) is 30.5. The Bertz CT molecular complexity index is 1200. The molecule has 0 aromatic rings. The Labute approximate surface area is 383 Å². The molecule has 0 fully saturated rings. The molecule has 0 heterocycles. The van der Waals surface area contributed by atoms with Crippen LogP contribution in [0.3, 0.4) is 0 Å². The van der Waals surface area contributed by atoms with Crippen LogP contribution in [-0.2, 0) is 14.3 Å². The van der Waals surface area contributed by atoms with Crippen LogP contribution in [0, 0.1) is 0 Å². The molecule has 0 rings (SSSR count). The summed E-state index contributed by atoms with van der Waals surface area (Å²) in [5, 5.41) is 23.8. The van der Waals surface area contributed by atoms with Crippen molar-refractivity contribution in [2.75, 3.05) is 6.61 Å². The zero-order chi connectivity index (χ0) is 45.2. The van der Waals surface area contributed by atoms with Crippen LogP contribution in [0.1, 0.15) is 233 Å². The van der Waals surface area contributed by atoms with Gasteiger partial charge in [0.05, 0.1) is 25.2 Å². The average molecular weight is 864 g/mol. The summed E-state index contributed by atoms with van der Waals surface area (Å²) >= 11 is 0. The number of esters is 1. The van der Waals surface area contributed by atoms with Crippen LogP contribution in [0.5, 0.6) is 0 Å². The van der Waals surface area contributed by atoms with Gasteiger partial charge in [-0.1, -0.05) is 247 Å². The van der Waals surface area contributed by atoms with Crippen LogP contribution in [0.2, 0.25) is 0 Å². The monoisotopic (exact) mass is 864 g/mol. The van der Waals surface area contributed by atoms with E-state index in [4.69, 9.17) is 4.74 Å². The maximum Gasteiger partial charge on any atom is 0.306 e. The number of aliphatic hydroxyl groups excluding tert-OH is 2. The summed E-state index contributed by atoms with van der Waals surface area (Å²) in [7, 11) is 0. The Hall–Kier alpha value is -2.96. The minimum Gasteiger partial charge on any atom is -0.462 e. The molecular weight excluding hydrogens is 767 g/mol. The SMILES string of the molecule is CC\C=C/C=C/C=C/C=C\C=C\C=C\CCCC(CC(=O)NC(CO)C(O)CCCCCCCCCCCCCCCCCCC)OC(=O)CCCCCCC/C=C\CCCC. The van der Waals surface area contributed by atoms with E-state index in [0.717, 1.165) is 70.6 Å². The molecule has 3 atom stereocenters. The molecule has 6 nitrogen and oxygen atoms in total. The van der Waals surface area contributed by atoms with E-state index in [0.29, 0.717) is 19.3 Å². The third-order valence-corrected chi connectivity index (χ3v) is 11.4. The van der Waals surface area contributed by atoms with Crippen LogP contribution in [0.15, 0.2) is 85.1 Å². The summed E-state index contributed by atoms with van der Waals surface area (Å²) in [4.78, 5) is 26.1. The lowest BCUT2D eigenvalue weighted by molar-refractivity contribution is -0.151. The maximum atomic E-state index is 13.2. The molecule has 3 unspecified atom stereocenters. The van der Waals surface area contributed by atoms with E-state index in [-0.39, 0.29) is 24.9 Å². The highest BCUT2D eigenvalue weighted by molar-refractivity contribution is 5.77. The van der Waals surface area contributed by atoms with Crippen molar-refractivity contribution in [2.24, 2.45) is 0 Å². The minimum atomic E-state index is -0.813. The molecule has 0 saturated heterocycles. The summed E-state index contributed by atoms with van der Waals surface area (Å²) in [6.45, 7) is 6.28. The molecule has 0 radical (unpaired) electrons. The van der Waals surface area contributed by atoms with Crippen molar-refractivity contribution in [3.63, 3.8) is 0 Å². The second-order valence-electron chi connectivity index (χ2n) is 17.3. The number of carbonyl (C=O) groups excluding carboxylic acids is 2. The van der Waals surface area contributed by atoms with Gasteiger partial charge in [-0.05, 0) is 57.8 Å². The lowest BCUT2D eigenvalue weighted by Crippen LogP contribution is -2.46. The predicted molar refractivity (Wildman–Crippen MR) is 268 cm³/mol. The maximum absolute atomic E-state index is 13.2. The molecule has 0 aliphatic rings. The van der Waals surface area contributed by atoms with E-state index < -0.39 is 18.2 Å². The highest BCUT2D eigenvalue weighted by Crippen LogP contribution is 2.17. The van der Waals surface area contributed by atoms with Gasteiger partial charge < -0.3 is 20.3 Å². The second-order valence-corrected chi connectivity index (χ2v) is 17.3. The molecule has 6 heteroatoms. The number of ether oxygens (including phenoxy) is 1. The van der Waals surface area contributed by atoms with Crippen molar-refractivity contribution in [2.45, 2.75) is 251 Å². The second kappa shape index (κ2) is 49.1. The van der Waals surface area contributed by atoms with Crippen molar-refractivity contribution in [3.05, 3.63) is 85.1 Å². The number of carbonyl (C=O) groups is 2. The summed E-state index contributed by atoms with van der Waals surface area (Å²) in [6, 6.07) is -0.731. The number of amides is 1. The smallest absolute Gasteiger partial charge is 0.306 e. The third kappa shape index (κ3) is 43.7. The lowest BCUT2D eigenvalue weighted by Gasteiger charge is -2.24. The zero-order valence-electron chi connectivity index (χ0n) is 40.5. The number of hydrogen-bond acceptors (Lipinski definition) is 5. The van der Waals surface area contributed by atoms with E-state index in [1.807, 2.05) is 60.8 Å². The normalized spacial score (nSPS) is 14.0. The van der Waals surface area contributed by atoms with Gasteiger partial charge in [-0.15, -0.1) is 0 Å². The molecule has 0 bridgehead atoms. The Balaban J connectivity index is 4.66. The molecular formula is C56H97NO5. The van der Waals surface area contributed by atoms with Gasteiger partial charge in [0.25, 0.3) is 0 Å². The third-order valence-electron chi connectivity index (χ3n) is 11.4. The minimum absolute atomic E-state index is 0.0197. The molecule has 3 N–H and O–H groups in total. The molecule has 0 aromatic heterocycles. The average Bonchev–Trinajstić information content (AvgIpc) is 3.26. The van der Waals surface area contributed by atoms with Gasteiger partial charge >= 0.3 is 5.97 Å². The van der Waals surface area contributed by atoms with E-state index in [1.165, 1.54) is 116 Å². The van der Waals surface area contributed by atoms with E-state index in [9.17, 15) is 19.8 Å². The number of rotatable bonds is 45. The van der Waals surface area contributed by atoms with Crippen molar-refractivity contribution in [1.82, 2.24) is 5.32 Å². The fraction of sp³-hybridized carbons (Fsp3) is 0.714. The van der Waals surface area contributed by atoms with Crippen molar-refractivity contribution < 1.29 is 24.5 Å². The Morgan fingerprint density at radius 1 is 0.484 bits per heavy atom. The summed E-state index contributed by atoms with van der Waals surface area (Å²) < 4.78 is 5.88. The molecule has 1 amide bonds. The van der Waals surface area contributed by atoms with Crippen molar-refractivity contribution in [3.8, 4) is 0 Å². The molecule has 0 aliphatic carbocycles. The standard InChI is InChI=1S/C56H97NO5/c1-4-7-10-13-16-19-22-24-26-27-29-31-34-36-39-42-45-48-54(59)53(51-58)57-55(60)50-52(62-56(61)49-46-43-40-37-32-21-18-15-12-9-6-3)47-44-41-38-35-33-30-28-25-23-20-17-14-11-8-5-2/h8,11,14-15,17-18,20,23,25,28,30,33,35,38,52-54,58-59H,4-7,9-10,12-13,16,19,21-22,24,26-27,29,31-32,34,36-37,39-51H2,1-3H3,(H,57,60)/b11-8-,17-14+,18-15-,23-20+,28-25-,33-30+,38-35+. The largest absolute Gasteiger partial charge is 0.462 e. The number of allylic oxidation sites excluding steroid dienone is 14. The molecule has 356 valence electrons. The molecule has 0 aromatic carbocycles. The van der Waals surface area contributed by atoms with Crippen LogP contribution in [0.4, 0.5) is 0 Å².